The lowest BCUT2D eigenvalue weighted by atomic mass is 10.0. The molecular formula is C31H46N6O2. The highest BCUT2D eigenvalue weighted by Crippen LogP contribution is 2.34. The third-order valence-corrected chi connectivity index (χ3v) is 8.12. The molecule has 2 N–H and O–H groups in total. The first-order chi connectivity index (χ1) is 19.0. The normalized spacial score (nSPS) is 19.7. The van der Waals surface area contributed by atoms with Crippen LogP contribution in [0.4, 0.5) is 16.3 Å². The van der Waals surface area contributed by atoms with Gasteiger partial charge in [0.25, 0.3) is 0 Å². The van der Waals surface area contributed by atoms with Crippen molar-refractivity contribution >= 4 is 17.5 Å². The molecule has 0 bridgehead atoms. The fourth-order valence-corrected chi connectivity index (χ4v) is 5.63. The van der Waals surface area contributed by atoms with Gasteiger partial charge in [-0.3, -0.25) is 4.90 Å². The number of nitrogens with one attached hydrogen (secondary N) is 2. The van der Waals surface area contributed by atoms with E-state index in [2.05, 4.69) is 41.2 Å². The Morgan fingerprint density at radius 1 is 1.10 bits per heavy atom. The Hall–Kier alpha value is -2.71. The van der Waals surface area contributed by atoms with Crippen LogP contribution in [0.2, 0.25) is 0 Å². The quantitative estimate of drug-likeness (QED) is 0.372. The lowest BCUT2D eigenvalue weighted by Crippen LogP contribution is -2.45. The number of hydrogen-bond acceptors (Lipinski definition) is 6. The molecule has 1 unspecified atom stereocenters. The van der Waals surface area contributed by atoms with Crippen LogP contribution in [-0.4, -0.2) is 66.3 Å². The van der Waals surface area contributed by atoms with Gasteiger partial charge in [0.15, 0.2) is 5.82 Å². The van der Waals surface area contributed by atoms with Crippen LogP contribution < -0.4 is 15.5 Å². The number of nitrogens with zero attached hydrogens (tertiary/aromatic N) is 4. The fraction of sp³-hybridized carbons (Fsp3) is 0.645. The maximum absolute atomic E-state index is 12.4. The van der Waals surface area contributed by atoms with Crippen molar-refractivity contribution < 1.29 is 9.53 Å². The van der Waals surface area contributed by atoms with Gasteiger partial charge in [-0.15, -0.1) is 0 Å². The monoisotopic (exact) mass is 534 g/mol. The Balaban J connectivity index is 1.26. The van der Waals surface area contributed by atoms with Crippen LogP contribution in [0.3, 0.4) is 0 Å². The number of carbonyl (C=O) groups excluding carboxylic acids is 1. The Morgan fingerprint density at radius 3 is 2.67 bits per heavy atom. The van der Waals surface area contributed by atoms with Crippen molar-refractivity contribution in [2.24, 2.45) is 11.8 Å². The molecule has 3 heterocycles. The van der Waals surface area contributed by atoms with Crippen LogP contribution in [0.15, 0.2) is 24.3 Å². The van der Waals surface area contributed by atoms with Gasteiger partial charge in [-0.1, -0.05) is 33.1 Å². The zero-order chi connectivity index (χ0) is 27.2. The van der Waals surface area contributed by atoms with Gasteiger partial charge in [0, 0.05) is 49.5 Å². The molecule has 1 aromatic carbocycles. The van der Waals surface area contributed by atoms with E-state index in [1.54, 1.807) is 0 Å². The lowest BCUT2D eigenvalue weighted by molar-refractivity contribution is 0.0983. The number of rotatable bonds is 11. The summed E-state index contributed by atoms with van der Waals surface area (Å²) in [5, 5.41) is 5.93. The summed E-state index contributed by atoms with van der Waals surface area (Å²) in [6.45, 7) is 12.9. The molecule has 3 aliphatic rings. The second-order valence-electron chi connectivity index (χ2n) is 12.0. The molecule has 8 nitrogen and oxygen atoms in total. The number of hydrogen-bond donors (Lipinski definition) is 2. The van der Waals surface area contributed by atoms with Gasteiger partial charge in [-0.2, -0.15) is 0 Å². The number of amides is 2. The van der Waals surface area contributed by atoms with Gasteiger partial charge >= 0.3 is 6.03 Å². The Morgan fingerprint density at radius 2 is 1.92 bits per heavy atom. The molecule has 1 atom stereocenters. The van der Waals surface area contributed by atoms with Crippen LogP contribution in [0.1, 0.15) is 70.6 Å². The maximum atomic E-state index is 12.4. The molecule has 212 valence electrons. The van der Waals surface area contributed by atoms with Gasteiger partial charge < -0.3 is 20.3 Å². The number of aromatic nitrogens is 2. The molecule has 39 heavy (non-hydrogen) atoms. The molecule has 2 aliphatic heterocycles. The van der Waals surface area contributed by atoms with Crippen molar-refractivity contribution in [3.8, 4) is 11.4 Å². The third-order valence-electron chi connectivity index (χ3n) is 8.12. The molecule has 1 aliphatic carbocycles. The van der Waals surface area contributed by atoms with E-state index in [1.807, 2.05) is 24.3 Å². The fourth-order valence-electron chi connectivity index (χ4n) is 5.63. The van der Waals surface area contributed by atoms with Crippen LogP contribution in [0.5, 0.6) is 0 Å². The Labute approximate surface area is 233 Å². The lowest BCUT2D eigenvalue weighted by Gasteiger charge is -2.38. The second kappa shape index (κ2) is 13.1. The summed E-state index contributed by atoms with van der Waals surface area (Å²) in [6.07, 6.45) is 8.36. The first-order valence-corrected chi connectivity index (χ1v) is 15.1. The highest BCUT2D eigenvalue weighted by atomic mass is 16.5. The molecule has 2 amide bonds. The number of carbonyl (C=O) groups is 1. The van der Waals surface area contributed by atoms with Crippen LogP contribution in [0.25, 0.3) is 11.4 Å². The van der Waals surface area contributed by atoms with E-state index in [9.17, 15) is 4.79 Å². The summed E-state index contributed by atoms with van der Waals surface area (Å²) in [6, 6.07) is 8.04. The number of urea groups is 1. The number of fused-ring (bicyclic) bond motifs is 1. The third kappa shape index (κ3) is 7.70. The molecule has 2 aromatic rings. The van der Waals surface area contributed by atoms with E-state index in [1.165, 1.54) is 37.8 Å². The van der Waals surface area contributed by atoms with E-state index < -0.39 is 0 Å². The van der Waals surface area contributed by atoms with E-state index in [0.29, 0.717) is 6.54 Å². The minimum absolute atomic E-state index is 0.156. The largest absolute Gasteiger partial charge is 0.377 e. The molecule has 1 aromatic heterocycles. The first kappa shape index (κ1) is 27.8. The summed E-state index contributed by atoms with van der Waals surface area (Å²) in [7, 11) is 0. The van der Waals surface area contributed by atoms with Gasteiger partial charge in [-0.25, -0.2) is 14.8 Å². The van der Waals surface area contributed by atoms with Crippen molar-refractivity contribution in [3.63, 3.8) is 0 Å². The highest BCUT2D eigenvalue weighted by Gasteiger charge is 2.31. The van der Waals surface area contributed by atoms with E-state index in [-0.39, 0.29) is 12.1 Å². The predicted octanol–water partition coefficient (Wildman–Crippen LogP) is 5.47. The van der Waals surface area contributed by atoms with E-state index in [0.717, 1.165) is 92.5 Å². The number of morpholine rings is 1. The average Bonchev–Trinajstić information content (AvgIpc) is 3.74. The molecule has 1 saturated carbocycles. The minimum atomic E-state index is -0.156. The molecule has 2 fully saturated rings. The predicted molar refractivity (Wildman–Crippen MR) is 157 cm³/mol. The summed E-state index contributed by atoms with van der Waals surface area (Å²) in [5.74, 6) is 3.45. The molecule has 1 saturated heterocycles. The Bertz CT molecular complexity index is 1100. The average molecular weight is 535 g/mol. The topological polar surface area (TPSA) is 82.6 Å². The van der Waals surface area contributed by atoms with Gasteiger partial charge in [0.1, 0.15) is 5.82 Å². The van der Waals surface area contributed by atoms with E-state index >= 15 is 0 Å². The number of anilines is 2. The molecule has 0 spiro atoms. The van der Waals surface area contributed by atoms with Crippen molar-refractivity contribution in [2.75, 3.05) is 49.6 Å². The summed E-state index contributed by atoms with van der Waals surface area (Å²) >= 11 is 0. The van der Waals surface area contributed by atoms with Crippen LogP contribution in [0, 0.1) is 11.8 Å². The minimum Gasteiger partial charge on any atom is -0.377 e. The zero-order valence-electron chi connectivity index (χ0n) is 24.0. The zero-order valence-corrected chi connectivity index (χ0v) is 24.0. The SMILES string of the molecule is CC(C)CCCCCNC(=O)Nc1ccc(-c2nc3c(c(N4CCOCC4C)n2)CCN(CC2CC2)C3)cc1. The maximum Gasteiger partial charge on any atom is 0.319 e. The van der Waals surface area contributed by atoms with Gasteiger partial charge in [0.2, 0.25) is 0 Å². The summed E-state index contributed by atoms with van der Waals surface area (Å²) < 4.78 is 5.72. The molecule has 0 radical (unpaired) electrons. The van der Waals surface area contributed by atoms with Crippen LogP contribution in [-0.2, 0) is 17.7 Å². The molecular weight excluding hydrogens is 488 g/mol. The van der Waals surface area contributed by atoms with Crippen molar-refractivity contribution in [3.05, 3.63) is 35.5 Å². The number of benzene rings is 1. The van der Waals surface area contributed by atoms with Crippen molar-refractivity contribution in [1.29, 1.82) is 0 Å². The first-order valence-electron chi connectivity index (χ1n) is 15.1. The summed E-state index contributed by atoms with van der Waals surface area (Å²) in [5.41, 5.74) is 4.20. The summed E-state index contributed by atoms with van der Waals surface area (Å²) in [4.78, 5) is 27.6. The van der Waals surface area contributed by atoms with Crippen LogP contribution >= 0.6 is 0 Å². The van der Waals surface area contributed by atoms with Crippen molar-refractivity contribution in [2.45, 2.75) is 78.3 Å². The molecule has 5 rings (SSSR count). The number of unbranched alkanes of at least 4 members (excludes halogenated alkanes) is 2. The molecule has 8 heteroatoms. The number of ether oxygens (including phenoxy) is 1. The standard InChI is InChI=1S/C31H46N6O2/c1-22(2)7-5-4-6-15-32-31(38)33-26-12-10-25(11-13-26)29-34-28-20-36(19-24-8-9-24)16-14-27(28)30(35-29)37-17-18-39-21-23(37)3/h10-13,22-24H,4-9,14-21H2,1-3H3,(H2,32,33,38). The van der Waals surface area contributed by atoms with E-state index in [4.69, 9.17) is 14.7 Å². The van der Waals surface area contributed by atoms with Crippen molar-refractivity contribution in [1.82, 2.24) is 20.2 Å². The highest BCUT2D eigenvalue weighted by molar-refractivity contribution is 5.89. The Kier molecular flexibility index (Phi) is 9.35. The smallest absolute Gasteiger partial charge is 0.319 e. The second-order valence-corrected chi connectivity index (χ2v) is 12.0. The van der Waals surface area contributed by atoms with Gasteiger partial charge in [0.05, 0.1) is 24.9 Å². The van der Waals surface area contributed by atoms with Gasteiger partial charge in [-0.05, 0) is 68.7 Å².